The van der Waals surface area contributed by atoms with Crippen molar-refractivity contribution in [3.05, 3.63) is 39.7 Å². The maximum atomic E-state index is 13.2. The van der Waals surface area contributed by atoms with Crippen molar-refractivity contribution in [3.8, 4) is 0 Å². The summed E-state index contributed by atoms with van der Waals surface area (Å²) in [6.45, 7) is 3.11. The van der Waals surface area contributed by atoms with Crippen molar-refractivity contribution in [1.29, 1.82) is 0 Å². The molecule has 1 aromatic rings. The van der Waals surface area contributed by atoms with E-state index >= 15 is 0 Å². The van der Waals surface area contributed by atoms with E-state index in [4.69, 9.17) is 5.73 Å². The van der Waals surface area contributed by atoms with E-state index in [0.29, 0.717) is 5.56 Å². The van der Waals surface area contributed by atoms with Gasteiger partial charge in [-0.25, -0.2) is 0 Å². The molecule has 1 aromatic carbocycles. The standard InChI is InChI=1S/C12H15FN2O4.ClH/c1-12(2,11(16)19-3)10(14)7-4-5-8(13)9(6-7)15(17)18;/h4-6,10H,14H2,1-3H3;1H/t10-;/m0./s1. The van der Waals surface area contributed by atoms with E-state index in [1.165, 1.54) is 13.2 Å². The Morgan fingerprint density at radius 1 is 1.50 bits per heavy atom. The third kappa shape index (κ3) is 3.43. The quantitative estimate of drug-likeness (QED) is 0.523. The van der Waals surface area contributed by atoms with Gasteiger partial charge >= 0.3 is 11.7 Å². The Balaban J connectivity index is 0.00000361. The summed E-state index contributed by atoms with van der Waals surface area (Å²) in [6, 6.07) is 2.46. The molecular weight excluding hydrogens is 291 g/mol. The number of carbonyl (C=O) groups is 1. The molecule has 0 bridgehead atoms. The Hall–Kier alpha value is -1.73. The van der Waals surface area contributed by atoms with Crippen LogP contribution < -0.4 is 5.73 Å². The van der Waals surface area contributed by atoms with Crippen LogP contribution in [-0.4, -0.2) is 18.0 Å². The molecule has 0 unspecified atom stereocenters. The number of halogens is 2. The highest BCUT2D eigenvalue weighted by Crippen LogP contribution is 2.34. The average Bonchev–Trinajstić information content (AvgIpc) is 2.36. The molecule has 20 heavy (non-hydrogen) atoms. The Morgan fingerprint density at radius 2 is 2.05 bits per heavy atom. The van der Waals surface area contributed by atoms with Gasteiger partial charge < -0.3 is 10.5 Å². The van der Waals surface area contributed by atoms with Crippen LogP contribution in [0.4, 0.5) is 10.1 Å². The molecular formula is C12H16ClFN2O4. The Bertz CT molecular complexity index is 522. The summed E-state index contributed by atoms with van der Waals surface area (Å²) in [5.74, 6) is -1.50. The minimum atomic E-state index is -1.08. The lowest BCUT2D eigenvalue weighted by atomic mass is 9.81. The van der Waals surface area contributed by atoms with Gasteiger partial charge in [0.25, 0.3) is 0 Å². The van der Waals surface area contributed by atoms with Gasteiger partial charge in [-0.15, -0.1) is 12.4 Å². The van der Waals surface area contributed by atoms with Gasteiger partial charge in [0.2, 0.25) is 5.82 Å². The molecule has 1 rings (SSSR count). The minimum Gasteiger partial charge on any atom is -0.469 e. The van der Waals surface area contributed by atoms with Crippen molar-refractivity contribution in [1.82, 2.24) is 0 Å². The number of nitro groups is 1. The van der Waals surface area contributed by atoms with Gasteiger partial charge in [-0.3, -0.25) is 14.9 Å². The maximum Gasteiger partial charge on any atom is 0.313 e. The highest BCUT2D eigenvalue weighted by molar-refractivity contribution is 5.85. The summed E-state index contributed by atoms with van der Waals surface area (Å²) >= 11 is 0. The zero-order valence-corrected chi connectivity index (χ0v) is 12.1. The molecule has 112 valence electrons. The summed E-state index contributed by atoms with van der Waals surface area (Å²) in [5.41, 5.74) is 4.46. The van der Waals surface area contributed by atoms with E-state index < -0.39 is 33.9 Å². The molecule has 0 spiro atoms. The zero-order chi connectivity index (χ0) is 14.8. The van der Waals surface area contributed by atoms with E-state index in [2.05, 4.69) is 4.74 Å². The fourth-order valence-corrected chi connectivity index (χ4v) is 1.67. The number of nitro benzene ring substituents is 1. The first kappa shape index (κ1) is 18.3. The predicted octanol–water partition coefficient (Wildman–Crippen LogP) is 2.35. The van der Waals surface area contributed by atoms with Gasteiger partial charge in [-0.05, 0) is 25.5 Å². The molecule has 0 saturated carbocycles. The first-order chi connectivity index (χ1) is 8.71. The molecule has 0 saturated heterocycles. The van der Waals surface area contributed by atoms with Crippen molar-refractivity contribution < 1.29 is 18.8 Å². The molecule has 0 fully saturated rings. The number of methoxy groups -OCH3 is 1. The van der Waals surface area contributed by atoms with Crippen LogP contribution in [-0.2, 0) is 9.53 Å². The number of esters is 1. The van der Waals surface area contributed by atoms with Crippen LogP contribution in [0, 0.1) is 21.3 Å². The molecule has 0 aliphatic carbocycles. The van der Waals surface area contributed by atoms with Crippen molar-refractivity contribution in [2.24, 2.45) is 11.1 Å². The molecule has 6 nitrogen and oxygen atoms in total. The Morgan fingerprint density at radius 3 is 2.50 bits per heavy atom. The van der Waals surface area contributed by atoms with Crippen LogP contribution in [0.25, 0.3) is 0 Å². The van der Waals surface area contributed by atoms with Gasteiger partial charge in [0.05, 0.1) is 17.4 Å². The second-order valence-corrected chi connectivity index (χ2v) is 4.66. The lowest BCUT2D eigenvalue weighted by Crippen LogP contribution is -2.37. The number of hydrogen-bond acceptors (Lipinski definition) is 5. The molecule has 1 atom stereocenters. The second kappa shape index (κ2) is 6.62. The van der Waals surface area contributed by atoms with E-state index in [0.717, 1.165) is 12.1 Å². The van der Waals surface area contributed by atoms with Crippen molar-refractivity contribution in [2.45, 2.75) is 19.9 Å². The van der Waals surface area contributed by atoms with Crippen LogP contribution in [0.15, 0.2) is 18.2 Å². The number of nitrogens with zero attached hydrogens (tertiary/aromatic N) is 1. The number of ether oxygens (including phenoxy) is 1. The lowest BCUT2D eigenvalue weighted by molar-refractivity contribution is -0.387. The molecule has 0 aliphatic heterocycles. The lowest BCUT2D eigenvalue weighted by Gasteiger charge is -2.28. The Labute approximate surface area is 121 Å². The van der Waals surface area contributed by atoms with Gasteiger partial charge in [0.15, 0.2) is 0 Å². The van der Waals surface area contributed by atoms with Crippen molar-refractivity contribution in [3.63, 3.8) is 0 Å². The van der Waals surface area contributed by atoms with Crippen LogP contribution >= 0.6 is 12.4 Å². The molecule has 2 N–H and O–H groups in total. The summed E-state index contributed by atoms with van der Waals surface area (Å²) in [7, 11) is 1.23. The predicted molar refractivity (Wildman–Crippen MR) is 73.0 cm³/mol. The smallest absolute Gasteiger partial charge is 0.313 e. The second-order valence-electron chi connectivity index (χ2n) is 4.66. The van der Waals surface area contributed by atoms with Crippen LogP contribution in [0.2, 0.25) is 0 Å². The number of nitrogens with two attached hydrogens (primary N) is 1. The fourth-order valence-electron chi connectivity index (χ4n) is 1.67. The SMILES string of the molecule is COC(=O)C(C)(C)[C@@H](N)c1ccc(F)c([N+](=O)[O-])c1.Cl. The largest absolute Gasteiger partial charge is 0.469 e. The Kier molecular flexibility index (Phi) is 6.05. The van der Waals surface area contributed by atoms with E-state index in [9.17, 15) is 19.3 Å². The minimum absolute atomic E-state index is 0. The average molecular weight is 307 g/mol. The summed E-state index contributed by atoms with van der Waals surface area (Å²) in [6.07, 6.45) is 0. The fraction of sp³-hybridized carbons (Fsp3) is 0.417. The van der Waals surface area contributed by atoms with Gasteiger partial charge in [0.1, 0.15) is 0 Å². The third-order valence-corrected chi connectivity index (χ3v) is 3.02. The first-order valence-corrected chi connectivity index (χ1v) is 5.49. The highest BCUT2D eigenvalue weighted by atomic mass is 35.5. The van der Waals surface area contributed by atoms with Gasteiger partial charge in [-0.2, -0.15) is 4.39 Å². The molecule has 0 aliphatic rings. The van der Waals surface area contributed by atoms with Gasteiger partial charge in [0, 0.05) is 12.1 Å². The molecule has 0 radical (unpaired) electrons. The van der Waals surface area contributed by atoms with Gasteiger partial charge in [-0.1, -0.05) is 6.07 Å². The summed E-state index contributed by atoms with van der Waals surface area (Å²) in [5, 5.41) is 10.7. The van der Waals surface area contributed by atoms with Crippen LogP contribution in [0.3, 0.4) is 0 Å². The first-order valence-electron chi connectivity index (χ1n) is 5.49. The summed E-state index contributed by atoms with van der Waals surface area (Å²) < 4.78 is 17.9. The molecule has 8 heteroatoms. The monoisotopic (exact) mass is 306 g/mol. The zero-order valence-electron chi connectivity index (χ0n) is 11.3. The van der Waals surface area contributed by atoms with Crippen molar-refractivity contribution in [2.75, 3.05) is 7.11 Å². The van der Waals surface area contributed by atoms with Crippen LogP contribution in [0.1, 0.15) is 25.5 Å². The molecule has 0 amide bonds. The summed E-state index contributed by atoms with van der Waals surface area (Å²) in [4.78, 5) is 21.5. The van der Waals surface area contributed by atoms with E-state index in [1.807, 2.05) is 0 Å². The molecule has 0 heterocycles. The number of rotatable bonds is 4. The number of hydrogen-bond donors (Lipinski definition) is 1. The highest BCUT2D eigenvalue weighted by Gasteiger charge is 2.37. The van der Waals surface area contributed by atoms with Crippen LogP contribution in [0.5, 0.6) is 0 Å². The van der Waals surface area contributed by atoms with E-state index in [-0.39, 0.29) is 12.4 Å². The van der Waals surface area contributed by atoms with Crippen molar-refractivity contribution >= 4 is 24.1 Å². The molecule has 0 aromatic heterocycles. The maximum absolute atomic E-state index is 13.2. The number of carbonyl (C=O) groups excluding carboxylic acids is 1. The number of benzene rings is 1. The normalized spacial score (nSPS) is 12.2. The topological polar surface area (TPSA) is 95.5 Å². The third-order valence-electron chi connectivity index (χ3n) is 3.02. The van der Waals surface area contributed by atoms with E-state index in [1.54, 1.807) is 13.8 Å².